The number of urea groups is 1. The molecule has 1 fully saturated rings. The number of benzene rings is 1. The summed E-state index contributed by atoms with van der Waals surface area (Å²) in [6.45, 7) is 0.843. The molecule has 0 spiro atoms. The Hall–Kier alpha value is -2.37. The fraction of sp³-hybridized carbons (Fsp3) is 0.471. The van der Waals surface area contributed by atoms with E-state index < -0.39 is 5.97 Å². The number of Topliss-reactive ketones (excluding diaryl/α,β-unsaturated/α-hetero) is 1. The van der Waals surface area contributed by atoms with Gasteiger partial charge in [-0.15, -0.1) is 0 Å². The van der Waals surface area contributed by atoms with Crippen molar-refractivity contribution >= 4 is 17.8 Å². The van der Waals surface area contributed by atoms with Crippen molar-refractivity contribution in [2.45, 2.75) is 19.3 Å². The average molecular weight is 318 g/mol. The fourth-order valence-electron chi connectivity index (χ4n) is 2.70. The van der Waals surface area contributed by atoms with Crippen molar-refractivity contribution in [2.24, 2.45) is 5.92 Å². The molecule has 23 heavy (non-hydrogen) atoms. The zero-order valence-electron chi connectivity index (χ0n) is 13.3. The quantitative estimate of drug-likeness (QED) is 0.833. The van der Waals surface area contributed by atoms with Crippen molar-refractivity contribution in [3.05, 3.63) is 35.9 Å². The van der Waals surface area contributed by atoms with E-state index in [9.17, 15) is 14.4 Å². The molecular weight excluding hydrogens is 296 g/mol. The number of methoxy groups -OCH3 is 1. The number of hydrogen-bond acceptors (Lipinski definition) is 4. The molecule has 0 radical (unpaired) electrons. The highest BCUT2D eigenvalue weighted by Crippen LogP contribution is 2.19. The van der Waals surface area contributed by atoms with Crippen LogP contribution in [-0.2, 0) is 20.7 Å². The average Bonchev–Trinajstić information content (AvgIpc) is 2.60. The summed E-state index contributed by atoms with van der Waals surface area (Å²) in [6, 6.07) is 9.28. The van der Waals surface area contributed by atoms with Crippen LogP contribution in [0.5, 0.6) is 0 Å². The number of hydrogen-bond donors (Lipinski definition) is 1. The molecule has 124 valence electrons. The smallest absolute Gasteiger partial charge is 0.325 e. The van der Waals surface area contributed by atoms with Gasteiger partial charge in [-0.3, -0.25) is 9.59 Å². The van der Waals surface area contributed by atoms with Gasteiger partial charge in [-0.1, -0.05) is 30.3 Å². The summed E-state index contributed by atoms with van der Waals surface area (Å²) >= 11 is 0. The molecule has 6 nitrogen and oxygen atoms in total. The number of rotatable bonds is 5. The number of nitrogens with one attached hydrogen (secondary N) is 1. The number of carbonyl (C=O) groups is 3. The van der Waals surface area contributed by atoms with Crippen molar-refractivity contribution < 1.29 is 19.1 Å². The summed E-state index contributed by atoms with van der Waals surface area (Å²) in [7, 11) is 1.27. The first-order chi connectivity index (χ1) is 11.1. The van der Waals surface area contributed by atoms with Crippen LogP contribution in [0.4, 0.5) is 4.79 Å². The van der Waals surface area contributed by atoms with Gasteiger partial charge in [0.2, 0.25) is 0 Å². The Labute approximate surface area is 135 Å². The number of carbonyl (C=O) groups excluding carboxylic acids is 3. The van der Waals surface area contributed by atoms with E-state index in [0.29, 0.717) is 19.5 Å². The summed E-state index contributed by atoms with van der Waals surface area (Å²) in [5, 5.41) is 2.51. The normalized spacial score (nSPS) is 17.4. The number of nitrogens with zero attached hydrogens (tertiary/aromatic N) is 1. The summed E-state index contributed by atoms with van der Waals surface area (Å²) in [6.07, 6.45) is 1.98. The Morgan fingerprint density at radius 2 is 2.00 bits per heavy atom. The Morgan fingerprint density at radius 3 is 2.70 bits per heavy atom. The second-order valence-electron chi connectivity index (χ2n) is 5.65. The van der Waals surface area contributed by atoms with Crippen molar-refractivity contribution in [2.75, 3.05) is 26.7 Å². The largest absolute Gasteiger partial charge is 0.468 e. The van der Waals surface area contributed by atoms with E-state index in [1.165, 1.54) is 7.11 Å². The number of amides is 2. The maximum atomic E-state index is 12.4. The highest BCUT2D eigenvalue weighted by Gasteiger charge is 2.28. The molecule has 1 N–H and O–H groups in total. The first-order valence-electron chi connectivity index (χ1n) is 7.76. The van der Waals surface area contributed by atoms with Gasteiger partial charge in [0, 0.05) is 25.4 Å². The van der Waals surface area contributed by atoms with Crippen LogP contribution < -0.4 is 5.32 Å². The van der Waals surface area contributed by atoms with Gasteiger partial charge in [0.05, 0.1) is 7.11 Å². The van der Waals surface area contributed by atoms with Crippen molar-refractivity contribution in [1.29, 1.82) is 0 Å². The topological polar surface area (TPSA) is 75.7 Å². The number of ether oxygens (including phenoxy) is 1. The van der Waals surface area contributed by atoms with E-state index >= 15 is 0 Å². The van der Waals surface area contributed by atoms with Gasteiger partial charge in [-0.05, 0) is 18.4 Å². The van der Waals surface area contributed by atoms with E-state index in [1.807, 2.05) is 30.3 Å². The van der Waals surface area contributed by atoms with Crippen LogP contribution >= 0.6 is 0 Å². The number of esters is 1. The first kappa shape index (κ1) is 17.0. The van der Waals surface area contributed by atoms with Crippen LogP contribution in [0.3, 0.4) is 0 Å². The van der Waals surface area contributed by atoms with Crippen LogP contribution in [-0.4, -0.2) is 49.4 Å². The third-order valence-corrected chi connectivity index (χ3v) is 4.00. The highest BCUT2D eigenvalue weighted by molar-refractivity contribution is 5.85. The summed E-state index contributed by atoms with van der Waals surface area (Å²) in [5.41, 5.74) is 0.991. The Kier molecular flexibility index (Phi) is 6.14. The molecule has 0 saturated carbocycles. The van der Waals surface area contributed by atoms with Gasteiger partial charge in [-0.2, -0.15) is 0 Å². The van der Waals surface area contributed by atoms with E-state index in [1.54, 1.807) is 4.90 Å². The van der Waals surface area contributed by atoms with Crippen molar-refractivity contribution in [3.8, 4) is 0 Å². The summed E-state index contributed by atoms with van der Waals surface area (Å²) in [5.74, 6) is -0.485. The predicted molar refractivity (Wildman–Crippen MR) is 84.9 cm³/mol. The Bertz CT molecular complexity index is 559. The Balaban J connectivity index is 1.86. The second kappa shape index (κ2) is 8.31. The molecule has 0 aliphatic carbocycles. The molecule has 1 aromatic carbocycles. The molecule has 0 aromatic heterocycles. The predicted octanol–water partition coefficient (Wildman–Crippen LogP) is 1.39. The lowest BCUT2D eigenvalue weighted by molar-refractivity contribution is -0.139. The number of ketones is 1. The van der Waals surface area contributed by atoms with Gasteiger partial charge >= 0.3 is 12.0 Å². The van der Waals surface area contributed by atoms with Gasteiger partial charge in [-0.25, -0.2) is 4.79 Å². The molecule has 2 amide bonds. The third kappa shape index (κ3) is 5.09. The summed E-state index contributed by atoms with van der Waals surface area (Å²) in [4.78, 5) is 37.1. The minimum atomic E-state index is -0.493. The number of piperidine rings is 1. The molecule has 0 unspecified atom stereocenters. The molecule has 1 aliphatic rings. The molecule has 1 aromatic rings. The standard InChI is InChI=1S/C17H22N2O4/c1-23-16(21)11-18-17(22)19-9-5-8-14(12-19)15(20)10-13-6-3-2-4-7-13/h2-4,6-7,14H,5,8-12H2,1H3,(H,18,22)/t14-/m0/s1. The molecule has 2 rings (SSSR count). The van der Waals surface area contributed by atoms with Crippen LogP contribution in [0.2, 0.25) is 0 Å². The van der Waals surface area contributed by atoms with E-state index in [-0.39, 0.29) is 24.3 Å². The van der Waals surface area contributed by atoms with Crippen LogP contribution in [0.1, 0.15) is 18.4 Å². The van der Waals surface area contributed by atoms with Gasteiger partial charge in [0.1, 0.15) is 12.3 Å². The Morgan fingerprint density at radius 1 is 1.26 bits per heavy atom. The first-order valence-corrected chi connectivity index (χ1v) is 7.76. The zero-order valence-corrected chi connectivity index (χ0v) is 13.3. The summed E-state index contributed by atoms with van der Waals surface area (Å²) < 4.78 is 4.49. The van der Waals surface area contributed by atoms with E-state index in [4.69, 9.17) is 0 Å². The van der Waals surface area contributed by atoms with Crippen molar-refractivity contribution in [3.63, 3.8) is 0 Å². The molecule has 6 heteroatoms. The minimum absolute atomic E-state index is 0.146. The minimum Gasteiger partial charge on any atom is -0.468 e. The zero-order chi connectivity index (χ0) is 16.7. The molecule has 1 heterocycles. The lowest BCUT2D eigenvalue weighted by Crippen LogP contribution is -2.48. The van der Waals surface area contributed by atoms with Gasteiger partial charge < -0.3 is 15.0 Å². The fourth-order valence-corrected chi connectivity index (χ4v) is 2.70. The number of likely N-dealkylation sites (tertiary alicyclic amines) is 1. The maximum absolute atomic E-state index is 12.4. The lowest BCUT2D eigenvalue weighted by atomic mass is 9.90. The molecule has 1 saturated heterocycles. The van der Waals surface area contributed by atoms with Crippen LogP contribution in [0, 0.1) is 5.92 Å². The monoisotopic (exact) mass is 318 g/mol. The lowest BCUT2D eigenvalue weighted by Gasteiger charge is -2.32. The molecule has 0 bridgehead atoms. The molecule has 1 aliphatic heterocycles. The third-order valence-electron chi connectivity index (χ3n) is 4.00. The maximum Gasteiger partial charge on any atom is 0.325 e. The van der Waals surface area contributed by atoms with Gasteiger partial charge in [0.15, 0.2) is 0 Å². The van der Waals surface area contributed by atoms with E-state index in [0.717, 1.165) is 18.4 Å². The van der Waals surface area contributed by atoms with Gasteiger partial charge in [0.25, 0.3) is 0 Å². The highest BCUT2D eigenvalue weighted by atomic mass is 16.5. The molecule has 1 atom stereocenters. The van der Waals surface area contributed by atoms with Crippen molar-refractivity contribution in [1.82, 2.24) is 10.2 Å². The second-order valence-corrected chi connectivity index (χ2v) is 5.65. The molecular formula is C17H22N2O4. The SMILES string of the molecule is COC(=O)CNC(=O)N1CCC[C@H](C(=O)Cc2ccccc2)C1. The van der Waals surface area contributed by atoms with Crippen LogP contribution in [0.15, 0.2) is 30.3 Å². The van der Waals surface area contributed by atoms with E-state index in [2.05, 4.69) is 10.1 Å². The van der Waals surface area contributed by atoms with Crippen LogP contribution in [0.25, 0.3) is 0 Å².